The highest BCUT2D eigenvalue weighted by atomic mass is 35.5. The number of anilines is 1. The zero-order valence-corrected chi connectivity index (χ0v) is 17.0. The first-order valence-corrected chi connectivity index (χ1v) is 9.99. The Hall–Kier alpha value is -3.37. The minimum Gasteiger partial charge on any atom is -0.411 e. The molecule has 2 N–H and O–H groups in total. The van der Waals surface area contributed by atoms with Crippen LogP contribution in [-0.2, 0) is 4.79 Å². The summed E-state index contributed by atoms with van der Waals surface area (Å²) < 4.78 is 5.71. The van der Waals surface area contributed by atoms with Crippen LogP contribution in [0.4, 0.5) is 11.4 Å². The van der Waals surface area contributed by atoms with E-state index >= 15 is 0 Å². The third-order valence-corrected chi connectivity index (χ3v) is 5.54. The predicted molar refractivity (Wildman–Crippen MR) is 114 cm³/mol. The van der Waals surface area contributed by atoms with Crippen LogP contribution in [0.15, 0.2) is 58.3 Å². The average Bonchev–Trinajstić information content (AvgIpc) is 3.35. The van der Waals surface area contributed by atoms with Gasteiger partial charge in [0.2, 0.25) is 5.91 Å². The third kappa shape index (κ3) is 4.00. The number of nitrogens with one attached hydrogen (secondary N) is 2. The maximum atomic E-state index is 12.5. The molecule has 1 amide bonds. The minimum absolute atomic E-state index is 0.0779. The SMILES string of the molecule is CC(Sc1nnc(-c2c[nH]c3ccccc23)o1)C(=O)Nc1ccc([N+](=O)[O-])cc1Cl. The number of halogens is 1. The maximum absolute atomic E-state index is 12.5. The lowest BCUT2D eigenvalue weighted by atomic mass is 10.2. The van der Waals surface area contributed by atoms with Crippen LogP contribution in [-0.4, -0.2) is 31.3 Å². The molecule has 0 saturated heterocycles. The summed E-state index contributed by atoms with van der Waals surface area (Å²) in [6.07, 6.45) is 1.79. The number of benzene rings is 2. The van der Waals surface area contributed by atoms with Gasteiger partial charge < -0.3 is 14.7 Å². The minimum atomic E-state index is -0.576. The van der Waals surface area contributed by atoms with E-state index in [-0.39, 0.29) is 27.5 Å². The standard InChI is InChI=1S/C19H14ClN5O4S/c1-10(17(26)22-16-7-6-11(25(27)28)8-14(16)20)30-19-24-23-18(29-19)13-9-21-15-5-3-2-4-12(13)15/h2-10,21H,1H3,(H,22,26). The van der Waals surface area contributed by atoms with E-state index in [1.165, 1.54) is 18.2 Å². The molecule has 0 fully saturated rings. The van der Waals surface area contributed by atoms with Gasteiger partial charge in [0.1, 0.15) is 0 Å². The van der Waals surface area contributed by atoms with Gasteiger partial charge in [0.15, 0.2) is 0 Å². The van der Waals surface area contributed by atoms with Crippen molar-refractivity contribution in [3.05, 3.63) is 63.8 Å². The fraction of sp³-hybridized carbons (Fsp3) is 0.105. The number of H-pyrrole nitrogens is 1. The first-order valence-electron chi connectivity index (χ1n) is 8.74. The van der Waals surface area contributed by atoms with Crippen LogP contribution in [0.25, 0.3) is 22.4 Å². The van der Waals surface area contributed by atoms with Crippen LogP contribution in [0.3, 0.4) is 0 Å². The summed E-state index contributed by atoms with van der Waals surface area (Å²) >= 11 is 7.12. The molecule has 0 spiro atoms. The van der Waals surface area contributed by atoms with E-state index < -0.39 is 10.2 Å². The molecule has 2 aromatic carbocycles. The number of nitrogens with zero attached hydrogens (tertiary/aromatic N) is 3. The van der Waals surface area contributed by atoms with Crippen molar-refractivity contribution in [1.82, 2.24) is 15.2 Å². The molecular formula is C19H14ClN5O4S. The number of aromatic nitrogens is 3. The molecule has 0 aliphatic heterocycles. The Kier molecular flexibility index (Phi) is 5.42. The third-order valence-electron chi connectivity index (χ3n) is 4.29. The van der Waals surface area contributed by atoms with Crippen LogP contribution in [0.2, 0.25) is 5.02 Å². The molecule has 1 atom stereocenters. The van der Waals surface area contributed by atoms with Crippen LogP contribution >= 0.6 is 23.4 Å². The molecule has 9 nitrogen and oxygen atoms in total. The summed E-state index contributed by atoms with van der Waals surface area (Å²) in [6, 6.07) is 11.6. The Balaban J connectivity index is 1.45. The number of carbonyl (C=O) groups is 1. The van der Waals surface area contributed by atoms with Gasteiger partial charge in [-0.05, 0) is 19.1 Å². The predicted octanol–water partition coefficient (Wildman–Crippen LogP) is 4.90. The summed E-state index contributed by atoms with van der Waals surface area (Å²) in [5, 5.41) is 22.2. The summed E-state index contributed by atoms with van der Waals surface area (Å²) in [5.74, 6) is -0.0106. The normalized spacial score (nSPS) is 12.1. The van der Waals surface area contributed by atoms with Crippen molar-refractivity contribution in [1.29, 1.82) is 0 Å². The Morgan fingerprint density at radius 1 is 1.30 bits per heavy atom. The molecule has 0 aliphatic rings. The maximum Gasteiger partial charge on any atom is 0.277 e. The van der Waals surface area contributed by atoms with Gasteiger partial charge in [-0.1, -0.05) is 41.6 Å². The number of nitro benzene ring substituents is 1. The van der Waals surface area contributed by atoms with Crippen LogP contribution in [0.5, 0.6) is 0 Å². The fourth-order valence-electron chi connectivity index (χ4n) is 2.77. The van der Waals surface area contributed by atoms with Gasteiger partial charge in [-0.2, -0.15) is 0 Å². The molecule has 1 unspecified atom stereocenters. The number of rotatable bonds is 6. The van der Waals surface area contributed by atoms with Gasteiger partial charge in [-0.25, -0.2) is 0 Å². The number of fused-ring (bicyclic) bond motifs is 1. The van der Waals surface area contributed by atoms with Crippen molar-refractivity contribution < 1.29 is 14.1 Å². The second-order valence-electron chi connectivity index (χ2n) is 6.29. The van der Waals surface area contributed by atoms with Crippen LogP contribution in [0, 0.1) is 10.1 Å². The lowest BCUT2D eigenvalue weighted by molar-refractivity contribution is -0.384. The Morgan fingerprint density at radius 3 is 2.87 bits per heavy atom. The van der Waals surface area contributed by atoms with Gasteiger partial charge >= 0.3 is 0 Å². The fourth-order valence-corrected chi connectivity index (χ4v) is 3.68. The number of para-hydroxylation sites is 1. The summed E-state index contributed by atoms with van der Waals surface area (Å²) in [5.41, 5.74) is 1.85. The monoisotopic (exact) mass is 443 g/mol. The lowest BCUT2D eigenvalue weighted by Gasteiger charge is -2.11. The van der Waals surface area contributed by atoms with E-state index in [4.69, 9.17) is 16.0 Å². The first-order chi connectivity index (χ1) is 14.4. The topological polar surface area (TPSA) is 127 Å². The van der Waals surface area contributed by atoms with Crippen molar-refractivity contribution >= 4 is 51.5 Å². The summed E-state index contributed by atoms with van der Waals surface area (Å²) in [4.78, 5) is 25.9. The van der Waals surface area contributed by atoms with E-state index in [0.29, 0.717) is 5.89 Å². The Labute approximate surface area is 179 Å². The lowest BCUT2D eigenvalue weighted by Crippen LogP contribution is -2.22. The van der Waals surface area contributed by atoms with Crippen molar-refractivity contribution in [2.45, 2.75) is 17.4 Å². The molecule has 0 saturated carbocycles. The molecule has 0 bridgehead atoms. The number of amides is 1. The second-order valence-corrected chi connectivity index (χ2v) is 7.99. The molecule has 2 heterocycles. The number of carbonyl (C=O) groups excluding carboxylic acids is 1. The van der Waals surface area contributed by atoms with Gasteiger partial charge in [0.05, 0.1) is 26.4 Å². The van der Waals surface area contributed by atoms with Crippen LogP contribution in [0.1, 0.15) is 6.92 Å². The number of hydrogen-bond acceptors (Lipinski definition) is 7. The van der Waals surface area contributed by atoms with Crippen molar-refractivity contribution in [2.75, 3.05) is 5.32 Å². The highest BCUT2D eigenvalue weighted by molar-refractivity contribution is 8.00. The number of thioether (sulfide) groups is 1. The molecule has 152 valence electrons. The quantitative estimate of drug-likeness (QED) is 0.246. The molecule has 11 heteroatoms. The first kappa shape index (κ1) is 19.9. The van der Waals surface area contributed by atoms with Crippen LogP contribution < -0.4 is 5.32 Å². The molecule has 4 aromatic rings. The van der Waals surface area contributed by atoms with Gasteiger partial charge in [-0.3, -0.25) is 14.9 Å². The van der Waals surface area contributed by atoms with Crippen molar-refractivity contribution in [3.63, 3.8) is 0 Å². The smallest absolute Gasteiger partial charge is 0.277 e. The number of hydrogen-bond donors (Lipinski definition) is 2. The molecule has 0 aliphatic carbocycles. The summed E-state index contributed by atoms with van der Waals surface area (Å²) in [6.45, 7) is 1.68. The van der Waals surface area contributed by atoms with E-state index in [0.717, 1.165) is 28.2 Å². The Bertz CT molecular complexity index is 1250. The van der Waals surface area contributed by atoms with E-state index in [9.17, 15) is 14.9 Å². The van der Waals surface area contributed by atoms with E-state index in [2.05, 4.69) is 20.5 Å². The summed E-state index contributed by atoms with van der Waals surface area (Å²) in [7, 11) is 0. The van der Waals surface area contributed by atoms with Gasteiger partial charge in [0, 0.05) is 29.2 Å². The molecular weight excluding hydrogens is 430 g/mol. The van der Waals surface area contributed by atoms with Crippen molar-refractivity contribution in [3.8, 4) is 11.5 Å². The molecule has 0 radical (unpaired) electrons. The number of non-ortho nitro benzene ring substituents is 1. The largest absolute Gasteiger partial charge is 0.411 e. The zero-order valence-electron chi connectivity index (χ0n) is 15.5. The van der Waals surface area contributed by atoms with Gasteiger partial charge in [-0.15, -0.1) is 10.2 Å². The van der Waals surface area contributed by atoms with E-state index in [1.807, 2.05) is 24.3 Å². The van der Waals surface area contributed by atoms with E-state index in [1.54, 1.807) is 13.1 Å². The number of aromatic amines is 1. The second kappa shape index (κ2) is 8.17. The molecule has 2 aromatic heterocycles. The molecule has 30 heavy (non-hydrogen) atoms. The highest BCUT2D eigenvalue weighted by Crippen LogP contribution is 2.32. The Morgan fingerprint density at radius 2 is 2.10 bits per heavy atom. The average molecular weight is 444 g/mol. The number of nitro groups is 1. The van der Waals surface area contributed by atoms with Crippen molar-refractivity contribution in [2.24, 2.45) is 0 Å². The highest BCUT2D eigenvalue weighted by Gasteiger charge is 2.21. The van der Waals surface area contributed by atoms with Gasteiger partial charge in [0.25, 0.3) is 16.8 Å². The zero-order chi connectivity index (χ0) is 21.3. The molecule has 4 rings (SSSR count).